The minimum Gasteiger partial charge on any atom is -0.466 e. The molecular formula is C24H25N3O4. The lowest BCUT2D eigenvalue weighted by atomic mass is 9.96. The van der Waals surface area contributed by atoms with Crippen molar-refractivity contribution in [1.82, 2.24) is 14.5 Å². The van der Waals surface area contributed by atoms with Gasteiger partial charge in [0.1, 0.15) is 11.2 Å². The van der Waals surface area contributed by atoms with E-state index in [2.05, 4.69) is 4.98 Å². The molecule has 1 aliphatic heterocycles. The van der Waals surface area contributed by atoms with Gasteiger partial charge in [0.05, 0.1) is 19.1 Å². The van der Waals surface area contributed by atoms with Crippen LogP contribution in [0.2, 0.25) is 0 Å². The van der Waals surface area contributed by atoms with Crippen LogP contribution < -0.4 is 5.56 Å². The van der Waals surface area contributed by atoms with E-state index in [1.54, 1.807) is 34.7 Å². The third-order valence-electron chi connectivity index (χ3n) is 5.66. The van der Waals surface area contributed by atoms with Crippen molar-refractivity contribution in [2.45, 2.75) is 26.3 Å². The van der Waals surface area contributed by atoms with Crippen LogP contribution in [0.25, 0.3) is 11.0 Å². The SMILES string of the molecule is CCOC(=O)C1CCN(C(=O)c2cc3cccnc3n(Cc3ccccc3)c2=O)CC1. The van der Waals surface area contributed by atoms with Crippen LogP contribution in [0.4, 0.5) is 0 Å². The molecular weight excluding hydrogens is 394 g/mol. The maximum absolute atomic E-state index is 13.3. The second-order valence-electron chi connectivity index (χ2n) is 7.67. The number of piperidine rings is 1. The van der Waals surface area contributed by atoms with E-state index in [1.807, 2.05) is 36.4 Å². The Hall–Kier alpha value is -3.48. The van der Waals surface area contributed by atoms with Gasteiger partial charge in [-0.3, -0.25) is 19.0 Å². The summed E-state index contributed by atoms with van der Waals surface area (Å²) in [7, 11) is 0. The number of carbonyl (C=O) groups is 2. The fourth-order valence-electron chi connectivity index (χ4n) is 4.02. The minimum absolute atomic E-state index is 0.131. The molecule has 160 valence electrons. The maximum atomic E-state index is 13.3. The van der Waals surface area contributed by atoms with Crippen LogP contribution in [0, 0.1) is 5.92 Å². The fourth-order valence-corrected chi connectivity index (χ4v) is 4.02. The third-order valence-corrected chi connectivity index (χ3v) is 5.66. The van der Waals surface area contributed by atoms with Crippen molar-refractivity contribution in [2.24, 2.45) is 5.92 Å². The number of nitrogens with zero attached hydrogens (tertiary/aromatic N) is 3. The zero-order valence-corrected chi connectivity index (χ0v) is 17.5. The Kier molecular flexibility index (Phi) is 6.11. The zero-order valence-electron chi connectivity index (χ0n) is 17.5. The zero-order chi connectivity index (χ0) is 21.8. The first-order valence-corrected chi connectivity index (χ1v) is 10.6. The highest BCUT2D eigenvalue weighted by Crippen LogP contribution is 2.21. The number of carbonyl (C=O) groups excluding carboxylic acids is 2. The van der Waals surface area contributed by atoms with E-state index in [9.17, 15) is 14.4 Å². The molecule has 0 unspecified atom stereocenters. The average Bonchev–Trinajstić information content (AvgIpc) is 2.81. The molecule has 0 radical (unpaired) electrons. The van der Waals surface area contributed by atoms with Crippen molar-refractivity contribution in [3.8, 4) is 0 Å². The van der Waals surface area contributed by atoms with E-state index in [-0.39, 0.29) is 28.9 Å². The molecule has 1 aliphatic rings. The van der Waals surface area contributed by atoms with E-state index in [1.165, 1.54) is 0 Å². The summed E-state index contributed by atoms with van der Waals surface area (Å²) >= 11 is 0. The molecule has 0 bridgehead atoms. The van der Waals surface area contributed by atoms with E-state index < -0.39 is 0 Å². The van der Waals surface area contributed by atoms with Gasteiger partial charge in [0, 0.05) is 24.7 Å². The normalized spacial score (nSPS) is 14.5. The molecule has 0 saturated carbocycles. The largest absolute Gasteiger partial charge is 0.466 e. The van der Waals surface area contributed by atoms with Gasteiger partial charge in [0.2, 0.25) is 0 Å². The van der Waals surface area contributed by atoms with E-state index in [0.29, 0.717) is 44.7 Å². The molecule has 4 rings (SSSR count). The van der Waals surface area contributed by atoms with E-state index in [0.717, 1.165) is 10.9 Å². The Morgan fingerprint density at radius 3 is 2.55 bits per heavy atom. The molecule has 3 aromatic rings. The summed E-state index contributed by atoms with van der Waals surface area (Å²) in [6, 6.07) is 14.9. The second-order valence-corrected chi connectivity index (χ2v) is 7.67. The van der Waals surface area contributed by atoms with Crippen molar-refractivity contribution in [1.29, 1.82) is 0 Å². The number of ether oxygens (including phenoxy) is 1. The molecule has 1 aromatic carbocycles. The van der Waals surface area contributed by atoms with Crippen LogP contribution in [0.1, 0.15) is 35.7 Å². The van der Waals surface area contributed by atoms with Gasteiger partial charge in [0.15, 0.2) is 0 Å². The summed E-state index contributed by atoms with van der Waals surface area (Å²) < 4.78 is 6.66. The van der Waals surface area contributed by atoms with Gasteiger partial charge < -0.3 is 9.64 Å². The Balaban J connectivity index is 1.64. The predicted molar refractivity (Wildman–Crippen MR) is 117 cm³/mol. The smallest absolute Gasteiger partial charge is 0.309 e. The van der Waals surface area contributed by atoms with Crippen LogP contribution in [0.3, 0.4) is 0 Å². The lowest BCUT2D eigenvalue weighted by molar-refractivity contribution is -0.149. The highest BCUT2D eigenvalue weighted by atomic mass is 16.5. The number of likely N-dealkylation sites (tertiary alicyclic amines) is 1. The van der Waals surface area contributed by atoms with Gasteiger partial charge in [0.25, 0.3) is 11.5 Å². The van der Waals surface area contributed by atoms with Crippen LogP contribution in [0.15, 0.2) is 59.5 Å². The Labute approximate surface area is 180 Å². The number of amides is 1. The standard InChI is InChI=1S/C24H25N3O4/c1-2-31-24(30)18-10-13-26(14-11-18)22(28)20-15-19-9-6-12-25-21(19)27(23(20)29)16-17-7-4-3-5-8-17/h3-9,12,15,18H,2,10-11,13-14,16H2,1H3. The highest BCUT2D eigenvalue weighted by molar-refractivity contribution is 5.97. The van der Waals surface area contributed by atoms with E-state index in [4.69, 9.17) is 4.74 Å². The van der Waals surface area contributed by atoms with Crippen LogP contribution in [-0.4, -0.2) is 46.0 Å². The Morgan fingerprint density at radius 2 is 1.84 bits per heavy atom. The van der Waals surface area contributed by atoms with Crippen molar-refractivity contribution >= 4 is 22.9 Å². The molecule has 31 heavy (non-hydrogen) atoms. The van der Waals surface area contributed by atoms with Crippen LogP contribution in [-0.2, 0) is 16.1 Å². The van der Waals surface area contributed by atoms with Gasteiger partial charge in [-0.05, 0) is 43.5 Å². The van der Waals surface area contributed by atoms with Gasteiger partial charge >= 0.3 is 5.97 Å². The molecule has 7 heteroatoms. The molecule has 0 atom stereocenters. The number of hydrogen-bond acceptors (Lipinski definition) is 5. The number of aromatic nitrogens is 2. The molecule has 1 amide bonds. The number of benzene rings is 1. The molecule has 1 fully saturated rings. The van der Waals surface area contributed by atoms with Crippen molar-refractivity contribution in [3.63, 3.8) is 0 Å². The predicted octanol–water partition coefficient (Wildman–Crippen LogP) is 2.86. The molecule has 3 heterocycles. The summed E-state index contributed by atoms with van der Waals surface area (Å²) in [6.07, 6.45) is 2.72. The first-order valence-electron chi connectivity index (χ1n) is 10.6. The van der Waals surface area contributed by atoms with Gasteiger partial charge in [-0.1, -0.05) is 30.3 Å². The molecule has 0 aliphatic carbocycles. The third kappa shape index (κ3) is 4.35. The Morgan fingerprint density at radius 1 is 1.10 bits per heavy atom. The van der Waals surface area contributed by atoms with Crippen molar-refractivity contribution in [3.05, 3.63) is 76.2 Å². The summed E-state index contributed by atoms with van der Waals surface area (Å²) in [5.74, 6) is -0.712. The second kappa shape index (κ2) is 9.12. The number of esters is 1. The number of pyridine rings is 2. The summed E-state index contributed by atoms with van der Waals surface area (Å²) in [4.78, 5) is 44.6. The average molecular weight is 419 g/mol. The first kappa shape index (κ1) is 20.8. The quantitative estimate of drug-likeness (QED) is 0.594. The van der Waals surface area contributed by atoms with Gasteiger partial charge in [-0.15, -0.1) is 0 Å². The lowest BCUT2D eigenvalue weighted by Crippen LogP contribution is -2.43. The van der Waals surface area contributed by atoms with Gasteiger partial charge in [-0.25, -0.2) is 4.98 Å². The molecule has 0 spiro atoms. The van der Waals surface area contributed by atoms with E-state index >= 15 is 0 Å². The Bertz CT molecular complexity index is 1150. The lowest BCUT2D eigenvalue weighted by Gasteiger charge is -2.31. The molecule has 2 aromatic heterocycles. The fraction of sp³-hybridized carbons (Fsp3) is 0.333. The van der Waals surface area contributed by atoms with Crippen LogP contribution in [0.5, 0.6) is 0 Å². The van der Waals surface area contributed by atoms with Crippen molar-refractivity contribution in [2.75, 3.05) is 19.7 Å². The maximum Gasteiger partial charge on any atom is 0.309 e. The summed E-state index contributed by atoms with van der Waals surface area (Å²) in [6.45, 7) is 3.31. The first-order chi connectivity index (χ1) is 15.1. The minimum atomic E-state index is -0.354. The summed E-state index contributed by atoms with van der Waals surface area (Å²) in [5.41, 5.74) is 1.28. The molecule has 1 saturated heterocycles. The van der Waals surface area contributed by atoms with Crippen LogP contribution >= 0.6 is 0 Å². The summed E-state index contributed by atoms with van der Waals surface area (Å²) in [5, 5.41) is 0.739. The number of hydrogen-bond donors (Lipinski definition) is 0. The van der Waals surface area contributed by atoms with Gasteiger partial charge in [-0.2, -0.15) is 0 Å². The molecule has 0 N–H and O–H groups in total. The topological polar surface area (TPSA) is 81.5 Å². The monoisotopic (exact) mass is 419 g/mol. The number of rotatable bonds is 5. The number of fused-ring (bicyclic) bond motifs is 1. The highest BCUT2D eigenvalue weighted by Gasteiger charge is 2.30. The van der Waals surface area contributed by atoms with Crippen molar-refractivity contribution < 1.29 is 14.3 Å². The molecule has 7 nitrogen and oxygen atoms in total.